The van der Waals surface area contributed by atoms with Crippen LogP contribution in [0.3, 0.4) is 0 Å². The van der Waals surface area contributed by atoms with Crippen LogP contribution in [-0.4, -0.2) is 18.1 Å². The van der Waals surface area contributed by atoms with Crippen molar-refractivity contribution in [1.29, 1.82) is 0 Å². The lowest BCUT2D eigenvalue weighted by Gasteiger charge is -2.26. The van der Waals surface area contributed by atoms with E-state index in [-0.39, 0.29) is 0 Å². The summed E-state index contributed by atoms with van der Waals surface area (Å²) in [5.74, 6) is 1.72. The van der Waals surface area contributed by atoms with Crippen LogP contribution in [0.4, 0.5) is 5.82 Å². The average Bonchev–Trinajstić information content (AvgIpc) is 2.37. The highest BCUT2D eigenvalue weighted by Crippen LogP contribution is 2.26. The summed E-state index contributed by atoms with van der Waals surface area (Å²) < 4.78 is 5.95. The molecule has 1 N–H and O–H groups in total. The third-order valence-corrected chi connectivity index (χ3v) is 3.45. The van der Waals surface area contributed by atoms with Gasteiger partial charge in [-0.3, -0.25) is 0 Å². The smallest absolute Gasteiger partial charge is 0.125 e. The first-order valence-corrected chi connectivity index (χ1v) is 6.52. The Hall–Kier alpha value is -1.09. The summed E-state index contributed by atoms with van der Waals surface area (Å²) in [4.78, 5) is 4.28. The number of hydrogen-bond donors (Lipinski definition) is 1. The van der Waals surface area contributed by atoms with Gasteiger partial charge in [-0.2, -0.15) is 0 Å². The van der Waals surface area contributed by atoms with Crippen molar-refractivity contribution in [3.63, 3.8) is 0 Å². The molecule has 94 valence electrons. The van der Waals surface area contributed by atoms with Crippen LogP contribution in [0.5, 0.6) is 0 Å². The molecule has 2 unspecified atom stereocenters. The largest absolute Gasteiger partial charge is 0.373 e. The molecule has 1 aliphatic rings. The van der Waals surface area contributed by atoms with Crippen molar-refractivity contribution < 1.29 is 4.74 Å². The highest BCUT2D eigenvalue weighted by atomic mass is 16.5. The molecule has 2 rings (SSSR count). The molecule has 1 aliphatic carbocycles. The lowest BCUT2D eigenvalue weighted by atomic mass is 9.89. The summed E-state index contributed by atoms with van der Waals surface area (Å²) in [5.41, 5.74) is 1.15. The lowest BCUT2D eigenvalue weighted by Crippen LogP contribution is -2.21. The minimum atomic E-state index is 0.447. The molecule has 17 heavy (non-hydrogen) atoms. The first-order chi connectivity index (χ1) is 8.28. The van der Waals surface area contributed by atoms with E-state index in [2.05, 4.69) is 23.3 Å². The van der Waals surface area contributed by atoms with Gasteiger partial charge >= 0.3 is 0 Å². The molecule has 1 heterocycles. The molecule has 3 heteroatoms. The molecule has 0 bridgehead atoms. The Balaban J connectivity index is 1.80. The number of aromatic nitrogens is 1. The summed E-state index contributed by atoms with van der Waals surface area (Å²) in [7, 11) is 1.88. The summed E-state index contributed by atoms with van der Waals surface area (Å²) in [6.07, 6.45) is 7.43. The minimum Gasteiger partial charge on any atom is -0.373 e. The molecule has 3 nitrogen and oxygen atoms in total. The second-order valence-corrected chi connectivity index (χ2v) is 5.01. The maximum absolute atomic E-state index is 5.95. The summed E-state index contributed by atoms with van der Waals surface area (Å²) >= 11 is 0. The molecule has 0 saturated heterocycles. The fourth-order valence-corrected chi connectivity index (χ4v) is 2.40. The van der Waals surface area contributed by atoms with Gasteiger partial charge in [-0.15, -0.1) is 0 Å². The molecule has 1 saturated carbocycles. The number of rotatable bonds is 4. The van der Waals surface area contributed by atoms with Crippen LogP contribution in [0.2, 0.25) is 0 Å². The zero-order valence-electron chi connectivity index (χ0n) is 10.8. The van der Waals surface area contributed by atoms with E-state index in [4.69, 9.17) is 4.74 Å². The van der Waals surface area contributed by atoms with Gasteiger partial charge < -0.3 is 10.1 Å². The summed E-state index contributed by atoms with van der Waals surface area (Å²) in [6, 6.07) is 4.06. The van der Waals surface area contributed by atoms with E-state index in [0.717, 1.165) is 17.3 Å². The van der Waals surface area contributed by atoms with E-state index in [9.17, 15) is 0 Å². The Labute approximate surface area is 104 Å². The SMILES string of the molecule is CNc1ccc(COC2CCCC(C)C2)cn1. The van der Waals surface area contributed by atoms with E-state index in [1.807, 2.05) is 19.3 Å². The Morgan fingerprint density at radius 2 is 2.29 bits per heavy atom. The Morgan fingerprint density at radius 1 is 1.41 bits per heavy atom. The number of anilines is 1. The molecular weight excluding hydrogens is 212 g/mol. The fraction of sp³-hybridized carbons (Fsp3) is 0.643. The van der Waals surface area contributed by atoms with Crippen LogP contribution in [-0.2, 0) is 11.3 Å². The van der Waals surface area contributed by atoms with Crippen LogP contribution in [0, 0.1) is 5.92 Å². The van der Waals surface area contributed by atoms with Crippen LogP contribution < -0.4 is 5.32 Å². The number of pyridine rings is 1. The first-order valence-electron chi connectivity index (χ1n) is 6.52. The van der Waals surface area contributed by atoms with Gasteiger partial charge in [0.25, 0.3) is 0 Å². The molecular formula is C14H22N2O. The highest BCUT2D eigenvalue weighted by Gasteiger charge is 2.19. The second kappa shape index (κ2) is 6.01. The first kappa shape index (κ1) is 12.4. The fourth-order valence-electron chi connectivity index (χ4n) is 2.40. The van der Waals surface area contributed by atoms with Crippen molar-refractivity contribution in [2.75, 3.05) is 12.4 Å². The van der Waals surface area contributed by atoms with Crippen LogP contribution in [0.15, 0.2) is 18.3 Å². The zero-order chi connectivity index (χ0) is 12.1. The molecule has 0 radical (unpaired) electrons. The quantitative estimate of drug-likeness (QED) is 0.868. The molecule has 1 aromatic heterocycles. The highest BCUT2D eigenvalue weighted by molar-refractivity contribution is 5.34. The van der Waals surface area contributed by atoms with Crippen molar-refractivity contribution in [2.45, 2.75) is 45.3 Å². The number of nitrogens with one attached hydrogen (secondary N) is 1. The van der Waals surface area contributed by atoms with Crippen LogP contribution in [0.1, 0.15) is 38.2 Å². The van der Waals surface area contributed by atoms with Gasteiger partial charge in [0, 0.05) is 13.2 Å². The topological polar surface area (TPSA) is 34.1 Å². The van der Waals surface area contributed by atoms with Gasteiger partial charge in [-0.1, -0.05) is 25.8 Å². The number of hydrogen-bond acceptors (Lipinski definition) is 3. The molecule has 0 aliphatic heterocycles. The molecule has 0 aromatic carbocycles. The third kappa shape index (κ3) is 3.70. The van der Waals surface area contributed by atoms with Crippen LogP contribution >= 0.6 is 0 Å². The van der Waals surface area contributed by atoms with Crippen molar-refractivity contribution in [2.24, 2.45) is 5.92 Å². The Kier molecular flexibility index (Phi) is 4.37. The van der Waals surface area contributed by atoms with Crippen molar-refractivity contribution >= 4 is 5.82 Å². The standard InChI is InChI=1S/C14H22N2O/c1-11-4-3-5-13(8-11)17-10-12-6-7-14(15-2)16-9-12/h6-7,9,11,13H,3-5,8,10H2,1-2H3,(H,15,16). The van der Waals surface area contributed by atoms with Gasteiger partial charge in [-0.05, 0) is 30.4 Å². The molecule has 1 aromatic rings. The van der Waals surface area contributed by atoms with E-state index in [1.165, 1.54) is 25.7 Å². The van der Waals surface area contributed by atoms with Gasteiger partial charge in [0.2, 0.25) is 0 Å². The van der Waals surface area contributed by atoms with E-state index in [0.29, 0.717) is 12.7 Å². The van der Waals surface area contributed by atoms with Gasteiger partial charge in [0.05, 0.1) is 12.7 Å². The molecule has 1 fully saturated rings. The predicted molar refractivity (Wildman–Crippen MR) is 70.0 cm³/mol. The second-order valence-electron chi connectivity index (χ2n) is 5.01. The van der Waals surface area contributed by atoms with Crippen molar-refractivity contribution in [3.05, 3.63) is 23.9 Å². The Morgan fingerprint density at radius 3 is 2.94 bits per heavy atom. The lowest BCUT2D eigenvalue weighted by molar-refractivity contribution is 0.00457. The van der Waals surface area contributed by atoms with E-state index >= 15 is 0 Å². The van der Waals surface area contributed by atoms with Gasteiger partial charge in [0.15, 0.2) is 0 Å². The minimum absolute atomic E-state index is 0.447. The molecule has 0 amide bonds. The third-order valence-electron chi connectivity index (χ3n) is 3.45. The number of ether oxygens (including phenoxy) is 1. The van der Waals surface area contributed by atoms with Gasteiger partial charge in [0.1, 0.15) is 5.82 Å². The average molecular weight is 234 g/mol. The summed E-state index contributed by atoms with van der Waals surface area (Å²) in [5, 5.41) is 3.01. The van der Waals surface area contributed by atoms with Gasteiger partial charge in [-0.25, -0.2) is 4.98 Å². The van der Waals surface area contributed by atoms with Crippen molar-refractivity contribution in [3.8, 4) is 0 Å². The maximum Gasteiger partial charge on any atom is 0.125 e. The van der Waals surface area contributed by atoms with Crippen LogP contribution in [0.25, 0.3) is 0 Å². The monoisotopic (exact) mass is 234 g/mol. The normalized spacial score (nSPS) is 24.6. The molecule has 0 spiro atoms. The van der Waals surface area contributed by atoms with E-state index < -0.39 is 0 Å². The Bertz CT molecular complexity index is 337. The number of nitrogens with zero attached hydrogens (tertiary/aromatic N) is 1. The predicted octanol–water partition coefficient (Wildman–Crippen LogP) is 3.22. The summed E-state index contributed by atoms with van der Waals surface area (Å²) in [6.45, 7) is 3.01. The molecule has 2 atom stereocenters. The zero-order valence-corrected chi connectivity index (χ0v) is 10.8. The van der Waals surface area contributed by atoms with E-state index in [1.54, 1.807) is 0 Å². The maximum atomic E-state index is 5.95. The van der Waals surface area contributed by atoms with Crippen molar-refractivity contribution in [1.82, 2.24) is 4.98 Å².